The van der Waals surface area contributed by atoms with Gasteiger partial charge in [-0.05, 0) is 42.3 Å². The molecule has 0 spiro atoms. The Kier molecular flexibility index (Phi) is 7.23. The molecular formula is C18H19ClF2N2OS. The quantitative estimate of drug-likeness (QED) is 0.761. The molecule has 0 radical (unpaired) electrons. The van der Waals surface area contributed by atoms with Crippen molar-refractivity contribution in [3.63, 3.8) is 0 Å². The number of anilines is 1. The highest BCUT2D eigenvalue weighted by Gasteiger charge is 2.17. The Morgan fingerprint density at radius 1 is 1.20 bits per heavy atom. The van der Waals surface area contributed by atoms with Gasteiger partial charge in [-0.15, -0.1) is 24.2 Å². The van der Waals surface area contributed by atoms with Gasteiger partial charge in [0.2, 0.25) is 5.91 Å². The summed E-state index contributed by atoms with van der Waals surface area (Å²) < 4.78 is 28.0. The zero-order valence-corrected chi connectivity index (χ0v) is 15.1. The van der Waals surface area contributed by atoms with E-state index in [0.717, 1.165) is 12.1 Å². The lowest BCUT2D eigenvalue weighted by atomic mass is 9.99. The van der Waals surface area contributed by atoms with Gasteiger partial charge >= 0.3 is 0 Å². The average Bonchev–Trinajstić information content (AvgIpc) is 2.59. The fourth-order valence-corrected chi connectivity index (χ4v) is 3.55. The van der Waals surface area contributed by atoms with Crippen LogP contribution in [0.1, 0.15) is 17.5 Å². The molecule has 134 valence electrons. The number of hydrogen-bond acceptors (Lipinski definition) is 3. The van der Waals surface area contributed by atoms with Gasteiger partial charge in [0.25, 0.3) is 0 Å². The molecule has 0 bridgehead atoms. The Hall–Kier alpha value is -1.63. The molecule has 3 nitrogen and oxygen atoms in total. The van der Waals surface area contributed by atoms with E-state index < -0.39 is 0 Å². The van der Waals surface area contributed by atoms with E-state index in [1.165, 1.54) is 17.8 Å². The van der Waals surface area contributed by atoms with Gasteiger partial charge in [0, 0.05) is 23.6 Å². The fourth-order valence-electron chi connectivity index (χ4n) is 2.66. The third kappa shape index (κ3) is 4.93. The highest BCUT2D eigenvalue weighted by atomic mass is 35.5. The highest BCUT2D eigenvalue weighted by Crippen LogP contribution is 2.25. The minimum absolute atomic E-state index is 0. The minimum Gasteiger partial charge on any atom is -0.324 e. The van der Waals surface area contributed by atoms with Crippen molar-refractivity contribution in [1.82, 2.24) is 5.32 Å². The molecule has 1 aliphatic rings. The van der Waals surface area contributed by atoms with E-state index in [1.807, 2.05) is 6.07 Å². The fraction of sp³-hybridized carbons (Fsp3) is 0.278. The molecule has 25 heavy (non-hydrogen) atoms. The standard InChI is InChI=1S/C18H18F2N2OS.ClH/c19-14-3-1-2-4-16(14)24-10-8-17(23)22-15-6-5-12-11-21-9-7-13(12)18(15)20;/h1-6,21H,7-11H2,(H,22,23);1H. The summed E-state index contributed by atoms with van der Waals surface area (Å²) in [6.07, 6.45) is 0.811. The number of thioether (sulfide) groups is 1. The molecule has 0 atom stereocenters. The Bertz CT molecular complexity index is 758. The number of rotatable bonds is 5. The highest BCUT2D eigenvalue weighted by molar-refractivity contribution is 7.99. The molecule has 2 aromatic rings. The molecule has 0 saturated carbocycles. The van der Waals surface area contributed by atoms with Crippen molar-refractivity contribution in [2.75, 3.05) is 17.6 Å². The summed E-state index contributed by atoms with van der Waals surface area (Å²) in [7, 11) is 0. The van der Waals surface area contributed by atoms with Crippen molar-refractivity contribution in [2.24, 2.45) is 0 Å². The Morgan fingerprint density at radius 2 is 2.00 bits per heavy atom. The van der Waals surface area contributed by atoms with Crippen LogP contribution in [-0.2, 0) is 17.8 Å². The van der Waals surface area contributed by atoms with E-state index in [1.54, 1.807) is 24.3 Å². The van der Waals surface area contributed by atoms with E-state index in [-0.39, 0.29) is 42.1 Å². The summed E-state index contributed by atoms with van der Waals surface area (Å²) >= 11 is 1.28. The van der Waals surface area contributed by atoms with E-state index in [4.69, 9.17) is 0 Å². The lowest BCUT2D eigenvalue weighted by Crippen LogP contribution is -2.25. The third-order valence-corrected chi connectivity index (χ3v) is 4.96. The summed E-state index contributed by atoms with van der Waals surface area (Å²) in [6.45, 7) is 1.39. The van der Waals surface area contributed by atoms with Crippen LogP contribution in [0.3, 0.4) is 0 Å². The Balaban J connectivity index is 0.00000225. The summed E-state index contributed by atoms with van der Waals surface area (Å²) in [5, 5.41) is 5.81. The molecule has 7 heteroatoms. The van der Waals surface area contributed by atoms with Crippen LogP contribution in [-0.4, -0.2) is 18.2 Å². The van der Waals surface area contributed by atoms with Crippen LogP contribution < -0.4 is 10.6 Å². The number of benzene rings is 2. The van der Waals surface area contributed by atoms with Crippen LogP contribution >= 0.6 is 24.2 Å². The topological polar surface area (TPSA) is 41.1 Å². The molecule has 0 fully saturated rings. The summed E-state index contributed by atoms with van der Waals surface area (Å²) in [5.74, 6) is -0.476. The predicted octanol–water partition coefficient (Wildman–Crippen LogP) is 4.15. The van der Waals surface area contributed by atoms with Gasteiger partial charge < -0.3 is 10.6 Å². The maximum atomic E-state index is 14.5. The van der Waals surface area contributed by atoms with Gasteiger partial charge in [-0.25, -0.2) is 8.78 Å². The summed E-state index contributed by atoms with van der Waals surface area (Å²) in [5.41, 5.74) is 1.83. The largest absolute Gasteiger partial charge is 0.324 e. The zero-order valence-electron chi connectivity index (χ0n) is 13.5. The molecule has 1 aliphatic heterocycles. The van der Waals surface area contributed by atoms with Gasteiger partial charge in [-0.2, -0.15) is 0 Å². The van der Waals surface area contributed by atoms with Crippen LogP contribution in [0.25, 0.3) is 0 Å². The van der Waals surface area contributed by atoms with Crippen LogP contribution in [0.5, 0.6) is 0 Å². The normalized spacial score (nSPS) is 12.9. The minimum atomic E-state index is -0.343. The number of halogens is 3. The molecular weight excluding hydrogens is 366 g/mol. The van der Waals surface area contributed by atoms with Crippen molar-refractivity contribution in [1.29, 1.82) is 0 Å². The molecule has 0 aliphatic carbocycles. The van der Waals surface area contributed by atoms with Crippen molar-refractivity contribution >= 4 is 35.8 Å². The Morgan fingerprint density at radius 3 is 2.80 bits per heavy atom. The number of nitrogens with one attached hydrogen (secondary N) is 2. The van der Waals surface area contributed by atoms with Gasteiger partial charge in [0.15, 0.2) is 0 Å². The second kappa shape index (κ2) is 9.17. The molecule has 3 rings (SSSR count). The third-order valence-electron chi connectivity index (χ3n) is 3.90. The molecule has 0 aromatic heterocycles. The molecule has 2 aromatic carbocycles. The van der Waals surface area contributed by atoms with Gasteiger partial charge in [0.05, 0.1) is 5.69 Å². The maximum Gasteiger partial charge on any atom is 0.225 e. The lowest BCUT2D eigenvalue weighted by Gasteiger charge is -2.19. The van der Waals surface area contributed by atoms with Crippen molar-refractivity contribution in [3.8, 4) is 0 Å². The maximum absolute atomic E-state index is 14.5. The molecule has 1 amide bonds. The van der Waals surface area contributed by atoms with Gasteiger partial charge in [-0.3, -0.25) is 4.79 Å². The lowest BCUT2D eigenvalue weighted by molar-refractivity contribution is -0.115. The molecule has 0 unspecified atom stereocenters. The van der Waals surface area contributed by atoms with Crippen molar-refractivity contribution < 1.29 is 13.6 Å². The van der Waals surface area contributed by atoms with Crippen molar-refractivity contribution in [2.45, 2.75) is 24.3 Å². The monoisotopic (exact) mass is 384 g/mol. The first-order chi connectivity index (χ1) is 11.6. The van der Waals surface area contributed by atoms with E-state index >= 15 is 0 Å². The number of amides is 1. The van der Waals surface area contributed by atoms with E-state index in [9.17, 15) is 13.6 Å². The van der Waals surface area contributed by atoms with E-state index in [0.29, 0.717) is 29.2 Å². The first kappa shape index (κ1) is 19.7. The average molecular weight is 385 g/mol. The second-order valence-electron chi connectivity index (χ2n) is 5.57. The van der Waals surface area contributed by atoms with Gasteiger partial charge in [0.1, 0.15) is 11.6 Å². The first-order valence-corrected chi connectivity index (χ1v) is 8.82. The van der Waals surface area contributed by atoms with Crippen LogP contribution in [0.2, 0.25) is 0 Å². The number of carbonyl (C=O) groups is 1. The van der Waals surface area contributed by atoms with Crippen LogP contribution in [0.15, 0.2) is 41.3 Å². The molecule has 0 saturated heterocycles. The second-order valence-corrected chi connectivity index (χ2v) is 6.71. The zero-order chi connectivity index (χ0) is 16.9. The van der Waals surface area contributed by atoms with Gasteiger partial charge in [-0.1, -0.05) is 18.2 Å². The Labute approximate surface area is 156 Å². The number of carbonyl (C=O) groups excluding carboxylic acids is 1. The predicted molar refractivity (Wildman–Crippen MR) is 99.4 cm³/mol. The van der Waals surface area contributed by atoms with E-state index in [2.05, 4.69) is 10.6 Å². The number of hydrogen-bond donors (Lipinski definition) is 2. The number of fused-ring (bicyclic) bond motifs is 1. The molecule has 1 heterocycles. The SMILES string of the molecule is Cl.O=C(CCSc1ccccc1F)Nc1ccc2c(c1F)CCNC2. The summed E-state index contributed by atoms with van der Waals surface area (Å²) in [6, 6.07) is 9.88. The smallest absolute Gasteiger partial charge is 0.225 e. The van der Waals surface area contributed by atoms with Crippen molar-refractivity contribution in [3.05, 3.63) is 59.2 Å². The molecule has 2 N–H and O–H groups in total. The van der Waals surface area contributed by atoms with Crippen LogP contribution in [0, 0.1) is 11.6 Å². The summed E-state index contributed by atoms with van der Waals surface area (Å²) in [4.78, 5) is 12.5. The first-order valence-electron chi connectivity index (χ1n) is 7.83. The van der Waals surface area contributed by atoms with Crippen LogP contribution in [0.4, 0.5) is 14.5 Å².